The third-order valence-electron chi connectivity index (χ3n) is 5.21. The van der Waals surface area contributed by atoms with E-state index < -0.39 is 11.4 Å². The maximum Gasteiger partial charge on any atom is 0.314 e. The van der Waals surface area contributed by atoms with Gasteiger partial charge in [-0.1, -0.05) is 31.4 Å². The lowest BCUT2D eigenvalue weighted by Gasteiger charge is -2.41. The Morgan fingerprint density at radius 3 is 2.43 bits per heavy atom. The summed E-state index contributed by atoms with van der Waals surface area (Å²) in [6.07, 6.45) is 4.69. The maximum atomic E-state index is 12.1. The normalized spacial score (nSPS) is 21.0. The fraction of sp³-hybridized carbons (Fsp3) is 0.588. The Morgan fingerprint density at radius 2 is 1.76 bits per heavy atom. The summed E-state index contributed by atoms with van der Waals surface area (Å²) in [6.45, 7) is 1.92. The lowest BCUT2D eigenvalue weighted by molar-refractivity contribution is -0.145. The van der Waals surface area contributed by atoms with Crippen LogP contribution < -0.4 is 9.80 Å². The highest BCUT2D eigenvalue weighted by molar-refractivity contribution is 5.88. The molecule has 0 spiro atoms. The molecule has 1 aromatic rings. The number of nitrogens with zero attached hydrogens (tertiary/aromatic N) is 2. The van der Waals surface area contributed by atoms with Gasteiger partial charge in [0.2, 0.25) is 0 Å². The van der Waals surface area contributed by atoms with E-state index in [-0.39, 0.29) is 0 Å². The number of anilines is 2. The second kappa shape index (κ2) is 5.24. The number of benzene rings is 1. The molecule has 4 nitrogen and oxygen atoms in total. The number of carbonyl (C=O) groups is 1. The van der Waals surface area contributed by atoms with Crippen LogP contribution in [0.15, 0.2) is 18.2 Å². The van der Waals surface area contributed by atoms with Crippen molar-refractivity contribution in [3.63, 3.8) is 0 Å². The lowest BCUT2D eigenvalue weighted by atomic mass is 9.68. The first-order valence-corrected chi connectivity index (χ1v) is 7.85. The van der Waals surface area contributed by atoms with Crippen molar-refractivity contribution in [2.75, 3.05) is 37.0 Å². The van der Waals surface area contributed by atoms with Crippen molar-refractivity contribution in [1.82, 2.24) is 0 Å². The average Bonchev–Trinajstić information content (AvgIpc) is 2.51. The fourth-order valence-electron chi connectivity index (χ4n) is 3.91. The zero-order valence-electron chi connectivity index (χ0n) is 12.9. The highest BCUT2D eigenvalue weighted by atomic mass is 16.4. The number of aliphatic carboxylic acids is 1. The molecule has 0 aromatic heterocycles. The standard InChI is InChI=1S/C17H24N2O2/c1-18-11-12-19(2)15-13(7-6-8-14(15)18)17(16(20)21)9-4-3-5-10-17/h6-8H,3-5,9-12H2,1-2H3,(H,20,21). The number of fused-ring (bicyclic) bond motifs is 1. The fourth-order valence-corrected chi connectivity index (χ4v) is 3.91. The van der Waals surface area contributed by atoms with Gasteiger partial charge in [0, 0.05) is 27.2 Å². The van der Waals surface area contributed by atoms with Crippen LogP contribution in [0.5, 0.6) is 0 Å². The van der Waals surface area contributed by atoms with Gasteiger partial charge < -0.3 is 14.9 Å². The van der Waals surface area contributed by atoms with Gasteiger partial charge in [-0.2, -0.15) is 0 Å². The Balaban J connectivity index is 2.17. The highest BCUT2D eigenvalue weighted by Crippen LogP contribution is 2.47. The van der Waals surface area contributed by atoms with E-state index in [1.165, 1.54) is 0 Å². The molecule has 2 aliphatic rings. The summed E-state index contributed by atoms with van der Waals surface area (Å²) in [7, 11) is 4.16. The Hall–Kier alpha value is -1.71. The summed E-state index contributed by atoms with van der Waals surface area (Å²) < 4.78 is 0. The zero-order valence-corrected chi connectivity index (χ0v) is 12.9. The molecule has 3 rings (SSSR count). The van der Waals surface area contributed by atoms with E-state index >= 15 is 0 Å². The number of para-hydroxylation sites is 1. The third-order valence-corrected chi connectivity index (χ3v) is 5.21. The quantitative estimate of drug-likeness (QED) is 0.909. The van der Waals surface area contributed by atoms with Gasteiger partial charge in [-0.25, -0.2) is 0 Å². The molecule has 1 saturated carbocycles. The minimum atomic E-state index is -0.698. The molecule has 0 unspecified atom stereocenters. The molecule has 1 N–H and O–H groups in total. The first kappa shape index (κ1) is 14.2. The zero-order chi connectivity index (χ0) is 15.0. The molecule has 21 heavy (non-hydrogen) atoms. The van der Waals surface area contributed by atoms with E-state index in [9.17, 15) is 9.90 Å². The first-order chi connectivity index (χ1) is 10.1. The minimum absolute atomic E-state index is 0.655. The van der Waals surface area contributed by atoms with E-state index in [0.29, 0.717) is 0 Å². The van der Waals surface area contributed by atoms with Crippen LogP contribution in [0.4, 0.5) is 11.4 Å². The van der Waals surface area contributed by atoms with E-state index in [4.69, 9.17) is 0 Å². The smallest absolute Gasteiger partial charge is 0.314 e. The summed E-state index contributed by atoms with van der Waals surface area (Å²) in [6, 6.07) is 6.16. The maximum absolute atomic E-state index is 12.1. The van der Waals surface area contributed by atoms with Crippen molar-refractivity contribution in [2.45, 2.75) is 37.5 Å². The number of carboxylic acids is 1. The Kier molecular flexibility index (Phi) is 3.56. The molecular formula is C17H24N2O2. The molecule has 1 aliphatic carbocycles. The van der Waals surface area contributed by atoms with Crippen LogP contribution >= 0.6 is 0 Å². The lowest BCUT2D eigenvalue weighted by Crippen LogP contribution is -2.43. The predicted molar refractivity (Wildman–Crippen MR) is 85.4 cm³/mol. The third kappa shape index (κ3) is 2.17. The number of hydrogen-bond acceptors (Lipinski definition) is 3. The second-order valence-electron chi connectivity index (χ2n) is 6.46. The van der Waals surface area contributed by atoms with Gasteiger partial charge in [0.1, 0.15) is 0 Å². The Morgan fingerprint density at radius 1 is 1.10 bits per heavy atom. The summed E-state index contributed by atoms with van der Waals surface area (Å²) in [4.78, 5) is 16.6. The monoisotopic (exact) mass is 288 g/mol. The Bertz CT molecular complexity index is 550. The largest absolute Gasteiger partial charge is 0.481 e. The van der Waals surface area contributed by atoms with Gasteiger partial charge in [-0.3, -0.25) is 4.79 Å². The number of hydrogen-bond donors (Lipinski definition) is 1. The molecule has 1 aromatic carbocycles. The molecule has 0 saturated heterocycles. The van der Waals surface area contributed by atoms with Crippen molar-refractivity contribution in [3.05, 3.63) is 23.8 Å². The molecule has 4 heteroatoms. The highest BCUT2D eigenvalue weighted by Gasteiger charge is 2.44. The SMILES string of the molecule is CN1CCN(C)c2c1cccc2C1(C(=O)O)CCCCC1. The van der Waals surface area contributed by atoms with Crippen LogP contribution in [-0.4, -0.2) is 38.3 Å². The summed E-state index contributed by atoms with van der Waals surface area (Å²) >= 11 is 0. The molecule has 1 heterocycles. The van der Waals surface area contributed by atoms with E-state index in [2.05, 4.69) is 30.0 Å². The number of rotatable bonds is 2. The molecule has 0 bridgehead atoms. The molecule has 0 radical (unpaired) electrons. The topological polar surface area (TPSA) is 43.8 Å². The van der Waals surface area contributed by atoms with Crippen LogP contribution in [0.25, 0.3) is 0 Å². The number of carboxylic acid groups (broad SMARTS) is 1. The van der Waals surface area contributed by atoms with E-state index in [0.717, 1.165) is 62.1 Å². The van der Waals surface area contributed by atoms with Gasteiger partial charge in [-0.05, 0) is 24.5 Å². The van der Waals surface area contributed by atoms with Gasteiger partial charge in [-0.15, -0.1) is 0 Å². The van der Waals surface area contributed by atoms with Crippen molar-refractivity contribution >= 4 is 17.3 Å². The summed E-state index contributed by atoms with van der Waals surface area (Å²) in [5.74, 6) is -0.655. The van der Waals surface area contributed by atoms with Gasteiger partial charge in [0.05, 0.1) is 16.8 Å². The van der Waals surface area contributed by atoms with Crippen LogP contribution in [0.1, 0.15) is 37.7 Å². The van der Waals surface area contributed by atoms with Gasteiger partial charge in [0.15, 0.2) is 0 Å². The molecule has 114 valence electrons. The van der Waals surface area contributed by atoms with Crippen molar-refractivity contribution in [3.8, 4) is 0 Å². The first-order valence-electron chi connectivity index (χ1n) is 7.85. The number of likely N-dealkylation sites (N-methyl/N-ethyl adjacent to an activating group) is 2. The molecule has 1 aliphatic heterocycles. The van der Waals surface area contributed by atoms with Crippen molar-refractivity contribution in [2.24, 2.45) is 0 Å². The van der Waals surface area contributed by atoms with Crippen LogP contribution in [0, 0.1) is 0 Å². The van der Waals surface area contributed by atoms with E-state index in [1.54, 1.807) is 0 Å². The van der Waals surface area contributed by atoms with Crippen LogP contribution in [-0.2, 0) is 10.2 Å². The van der Waals surface area contributed by atoms with Crippen LogP contribution in [0.3, 0.4) is 0 Å². The van der Waals surface area contributed by atoms with E-state index in [1.807, 2.05) is 12.1 Å². The molecule has 0 atom stereocenters. The minimum Gasteiger partial charge on any atom is -0.481 e. The average molecular weight is 288 g/mol. The van der Waals surface area contributed by atoms with Crippen molar-refractivity contribution < 1.29 is 9.90 Å². The summed E-state index contributed by atoms with van der Waals surface area (Å²) in [5.41, 5.74) is 2.60. The predicted octanol–water partition coefficient (Wildman–Crippen LogP) is 2.86. The van der Waals surface area contributed by atoms with Gasteiger partial charge in [0.25, 0.3) is 0 Å². The molecular weight excluding hydrogens is 264 g/mol. The van der Waals surface area contributed by atoms with Crippen LogP contribution in [0.2, 0.25) is 0 Å². The molecule has 1 fully saturated rings. The Labute approximate surface area is 126 Å². The second-order valence-corrected chi connectivity index (χ2v) is 6.46. The van der Waals surface area contributed by atoms with Gasteiger partial charge >= 0.3 is 5.97 Å². The van der Waals surface area contributed by atoms with Crippen molar-refractivity contribution in [1.29, 1.82) is 0 Å². The molecule has 0 amide bonds. The summed E-state index contributed by atoms with van der Waals surface area (Å²) in [5, 5.41) is 9.96.